The fourth-order valence-corrected chi connectivity index (χ4v) is 7.01. The molecule has 0 atom stereocenters. The minimum atomic E-state index is -3.64. The van der Waals surface area contributed by atoms with Crippen molar-refractivity contribution in [2.75, 3.05) is 58.4 Å². The Morgan fingerprint density at radius 2 is 1.51 bits per heavy atom. The van der Waals surface area contributed by atoms with Crippen LogP contribution in [-0.4, -0.2) is 82.0 Å². The summed E-state index contributed by atoms with van der Waals surface area (Å²) >= 11 is 1.43. The number of sulfonamides is 1. The topological polar surface area (TPSA) is 92.3 Å². The first kappa shape index (κ1) is 33.1. The second kappa shape index (κ2) is 15.2. The summed E-state index contributed by atoms with van der Waals surface area (Å²) in [7, 11) is 0.355. The minimum Gasteiger partial charge on any atom is -0.486 e. The SMILES string of the molecule is CCCCN(CCCC)S(=O)(=O)c1ccc(C(=O)N(CCCN(C)C)c2nc3cc4c(cc3s2)OCCO4)cc1.Cl. The van der Waals surface area contributed by atoms with E-state index in [0.717, 1.165) is 48.9 Å². The number of anilines is 1. The van der Waals surface area contributed by atoms with Gasteiger partial charge in [0, 0.05) is 37.3 Å². The second-order valence-electron chi connectivity index (χ2n) is 10.2. The molecule has 9 nitrogen and oxygen atoms in total. The molecule has 0 fully saturated rings. The first-order valence-corrected chi connectivity index (χ1v) is 16.3. The number of thiazole rings is 1. The van der Waals surface area contributed by atoms with Crippen LogP contribution in [0.15, 0.2) is 41.3 Å². The Labute approximate surface area is 253 Å². The second-order valence-corrected chi connectivity index (χ2v) is 13.2. The number of nitrogens with zero attached hydrogens (tertiary/aromatic N) is 4. The molecule has 0 spiro atoms. The maximum atomic E-state index is 13.8. The van der Waals surface area contributed by atoms with E-state index in [0.29, 0.717) is 55.0 Å². The lowest BCUT2D eigenvalue weighted by atomic mass is 10.2. The van der Waals surface area contributed by atoms with Crippen molar-refractivity contribution in [1.29, 1.82) is 0 Å². The molecule has 1 aliphatic heterocycles. The van der Waals surface area contributed by atoms with Crippen LogP contribution in [0, 0.1) is 0 Å². The van der Waals surface area contributed by atoms with Gasteiger partial charge in [0.25, 0.3) is 5.91 Å². The van der Waals surface area contributed by atoms with Gasteiger partial charge in [-0.25, -0.2) is 13.4 Å². The van der Waals surface area contributed by atoms with Crippen molar-refractivity contribution in [3.8, 4) is 11.5 Å². The maximum absolute atomic E-state index is 13.8. The van der Waals surface area contributed by atoms with E-state index in [9.17, 15) is 13.2 Å². The molecule has 4 rings (SSSR count). The minimum absolute atomic E-state index is 0. The molecule has 0 unspecified atom stereocenters. The van der Waals surface area contributed by atoms with Gasteiger partial charge in [-0.05, 0) is 64.2 Å². The van der Waals surface area contributed by atoms with Crippen LogP contribution in [0.5, 0.6) is 11.5 Å². The third kappa shape index (κ3) is 8.10. The molecular formula is C29H41ClN4O5S2. The van der Waals surface area contributed by atoms with Crippen molar-refractivity contribution >= 4 is 55.0 Å². The van der Waals surface area contributed by atoms with E-state index in [2.05, 4.69) is 18.7 Å². The zero-order valence-corrected chi connectivity index (χ0v) is 26.7. The Morgan fingerprint density at radius 3 is 2.10 bits per heavy atom. The number of aromatic nitrogens is 1. The lowest BCUT2D eigenvalue weighted by Gasteiger charge is -2.23. The van der Waals surface area contributed by atoms with E-state index >= 15 is 0 Å². The smallest absolute Gasteiger partial charge is 0.260 e. The number of fused-ring (bicyclic) bond motifs is 2. The van der Waals surface area contributed by atoms with E-state index in [4.69, 9.17) is 14.5 Å². The number of hydrogen-bond acceptors (Lipinski definition) is 8. The first-order chi connectivity index (χ1) is 19.2. The highest BCUT2D eigenvalue weighted by Gasteiger charge is 2.26. The Bertz CT molecular complexity index is 1350. The highest BCUT2D eigenvalue weighted by atomic mass is 35.5. The van der Waals surface area contributed by atoms with Gasteiger partial charge in [0.1, 0.15) is 13.2 Å². The van der Waals surface area contributed by atoms with Gasteiger partial charge in [0.15, 0.2) is 16.6 Å². The van der Waals surface area contributed by atoms with E-state index in [1.807, 2.05) is 26.2 Å². The van der Waals surface area contributed by atoms with Gasteiger partial charge in [-0.3, -0.25) is 9.69 Å². The number of unbranched alkanes of at least 4 members (excludes halogenated alkanes) is 2. The Hall–Kier alpha value is -2.44. The Kier molecular flexibility index (Phi) is 12.2. The highest BCUT2D eigenvalue weighted by Crippen LogP contribution is 2.39. The monoisotopic (exact) mass is 624 g/mol. The Morgan fingerprint density at radius 1 is 0.902 bits per heavy atom. The van der Waals surface area contributed by atoms with Crippen molar-refractivity contribution in [2.24, 2.45) is 0 Å². The zero-order valence-electron chi connectivity index (χ0n) is 24.3. The van der Waals surface area contributed by atoms with E-state index in [1.165, 1.54) is 11.3 Å². The number of rotatable bonds is 14. The molecule has 0 aliphatic carbocycles. The molecule has 12 heteroatoms. The van der Waals surface area contributed by atoms with Crippen molar-refractivity contribution in [2.45, 2.75) is 50.8 Å². The molecule has 0 radical (unpaired) electrons. The number of ether oxygens (including phenoxy) is 2. The number of halogens is 1. The lowest BCUT2D eigenvalue weighted by Crippen LogP contribution is -2.34. The third-order valence-corrected chi connectivity index (χ3v) is 9.72. The number of amides is 1. The summed E-state index contributed by atoms with van der Waals surface area (Å²) in [6, 6.07) is 10.1. The van der Waals surface area contributed by atoms with Gasteiger partial charge in [0.05, 0.1) is 15.1 Å². The summed E-state index contributed by atoms with van der Waals surface area (Å²) in [6.07, 6.45) is 4.22. The molecule has 0 saturated heterocycles. The molecule has 2 aromatic carbocycles. The van der Waals surface area contributed by atoms with Crippen LogP contribution in [0.2, 0.25) is 0 Å². The normalized spacial score (nSPS) is 13.0. The van der Waals surface area contributed by atoms with Crippen molar-refractivity contribution in [3.63, 3.8) is 0 Å². The van der Waals surface area contributed by atoms with Crippen LogP contribution in [0.1, 0.15) is 56.3 Å². The van der Waals surface area contributed by atoms with Gasteiger partial charge in [0.2, 0.25) is 10.0 Å². The molecule has 226 valence electrons. The molecule has 41 heavy (non-hydrogen) atoms. The van der Waals surface area contributed by atoms with Gasteiger partial charge >= 0.3 is 0 Å². The van der Waals surface area contributed by atoms with Crippen LogP contribution in [-0.2, 0) is 10.0 Å². The van der Waals surface area contributed by atoms with E-state index in [-0.39, 0.29) is 23.2 Å². The molecule has 0 N–H and O–H groups in total. The standard InChI is InChI=1S/C29H40N4O5S2.ClH/c1-5-7-15-32(16-8-6-2)40(35,36)23-12-10-22(11-13-23)28(34)33(17-9-14-31(3)4)29-30-24-20-25-26(21-27(24)39-29)38-19-18-37-25;/h10-13,20-21H,5-9,14-19H2,1-4H3;1H. The van der Waals surface area contributed by atoms with Gasteiger partial charge < -0.3 is 14.4 Å². The average molecular weight is 625 g/mol. The van der Waals surface area contributed by atoms with Crippen LogP contribution in [0.4, 0.5) is 5.13 Å². The summed E-state index contributed by atoms with van der Waals surface area (Å²) in [5.41, 5.74) is 1.16. The van der Waals surface area contributed by atoms with Crippen LogP contribution in [0.3, 0.4) is 0 Å². The lowest BCUT2D eigenvalue weighted by molar-refractivity contribution is 0.0986. The highest BCUT2D eigenvalue weighted by molar-refractivity contribution is 7.89. The predicted octanol–water partition coefficient (Wildman–Crippen LogP) is 5.68. The summed E-state index contributed by atoms with van der Waals surface area (Å²) in [4.78, 5) is 22.5. The van der Waals surface area contributed by atoms with E-state index < -0.39 is 10.0 Å². The predicted molar refractivity (Wildman–Crippen MR) is 168 cm³/mol. The number of carbonyl (C=O) groups excluding carboxylic acids is 1. The molecule has 0 saturated carbocycles. The molecule has 3 aromatic rings. The summed E-state index contributed by atoms with van der Waals surface area (Å²) < 4.78 is 40.7. The van der Waals surface area contributed by atoms with Gasteiger partial charge in [-0.15, -0.1) is 12.4 Å². The van der Waals surface area contributed by atoms with Crippen LogP contribution >= 0.6 is 23.7 Å². The van der Waals surface area contributed by atoms with Crippen molar-refractivity contribution in [3.05, 3.63) is 42.0 Å². The van der Waals surface area contributed by atoms with Gasteiger partial charge in [-0.2, -0.15) is 4.31 Å². The average Bonchev–Trinajstić information content (AvgIpc) is 3.36. The Balaban J connectivity index is 0.00000462. The summed E-state index contributed by atoms with van der Waals surface area (Å²) in [6.45, 7) is 7.38. The molecule has 1 aromatic heterocycles. The number of benzene rings is 2. The van der Waals surface area contributed by atoms with Crippen molar-refractivity contribution < 1.29 is 22.7 Å². The molecule has 2 heterocycles. The zero-order chi connectivity index (χ0) is 28.7. The van der Waals surface area contributed by atoms with Crippen LogP contribution in [0.25, 0.3) is 10.2 Å². The van der Waals surface area contributed by atoms with E-state index in [1.54, 1.807) is 33.5 Å². The largest absolute Gasteiger partial charge is 0.486 e. The van der Waals surface area contributed by atoms with Crippen molar-refractivity contribution in [1.82, 2.24) is 14.2 Å². The first-order valence-electron chi connectivity index (χ1n) is 14.0. The molecule has 0 bridgehead atoms. The fraction of sp³-hybridized carbons (Fsp3) is 0.517. The maximum Gasteiger partial charge on any atom is 0.260 e. The molecule has 1 aliphatic rings. The quantitative estimate of drug-likeness (QED) is 0.228. The summed E-state index contributed by atoms with van der Waals surface area (Å²) in [5.74, 6) is 1.13. The van der Waals surface area contributed by atoms with Gasteiger partial charge in [-0.1, -0.05) is 38.0 Å². The third-order valence-electron chi connectivity index (χ3n) is 6.77. The number of carbonyl (C=O) groups is 1. The summed E-state index contributed by atoms with van der Waals surface area (Å²) in [5, 5.41) is 0.586. The molecule has 1 amide bonds. The fourth-order valence-electron chi connectivity index (χ4n) is 4.49. The molecular weight excluding hydrogens is 584 g/mol. The number of hydrogen-bond donors (Lipinski definition) is 0. The van der Waals surface area contributed by atoms with Crippen LogP contribution < -0.4 is 14.4 Å².